The summed E-state index contributed by atoms with van der Waals surface area (Å²) in [7, 11) is 2.27. The van der Waals surface area contributed by atoms with Crippen molar-refractivity contribution in [2.45, 2.75) is 45.1 Å². The predicted molar refractivity (Wildman–Crippen MR) is 88.0 cm³/mol. The van der Waals surface area contributed by atoms with Crippen LogP contribution >= 0.6 is 11.3 Å². The van der Waals surface area contributed by atoms with E-state index in [4.69, 9.17) is 0 Å². The first-order valence-electron chi connectivity index (χ1n) is 8.20. The van der Waals surface area contributed by atoms with Crippen molar-refractivity contribution in [2.75, 3.05) is 26.7 Å². The number of carbonyl (C=O) groups is 1. The third-order valence-electron chi connectivity index (χ3n) is 5.14. The van der Waals surface area contributed by atoms with Crippen LogP contribution in [-0.2, 0) is 0 Å². The molecule has 2 aliphatic rings. The number of amides is 1. The van der Waals surface area contributed by atoms with Crippen molar-refractivity contribution in [3.8, 4) is 0 Å². The highest BCUT2D eigenvalue weighted by Gasteiger charge is 2.32. The van der Waals surface area contributed by atoms with E-state index in [0.717, 1.165) is 29.9 Å². The third-order valence-corrected chi connectivity index (χ3v) is 6.18. The molecule has 1 aromatic heterocycles. The molecule has 3 rings (SSSR count). The molecule has 116 valence electrons. The summed E-state index contributed by atoms with van der Waals surface area (Å²) in [6.07, 6.45) is 6.42. The van der Waals surface area contributed by atoms with Crippen LogP contribution in [0.1, 0.15) is 47.3 Å². The van der Waals surface area contributed by atoms with Crippen LogP contribution in [0.5, 0.6) is 0 Å². The number of thiophene rings is 1. The van der Waals surface area contributed by atoms with Gasteiger partial charge >= 0.3 is 0 Å². The van der Waals surface area contributed by atoms with Gasteiger partial charge in [-0.3, -0.25) is 4.79 Å². The van der Waals surface area contributed by atoms with Gasteiger partial charge in [-0.15, -0.1) is 11.3 Å². The Labute approximate surface area is 131 Å². The van der Waals surface area contributed by atoms with Gasteiger partial charge in [0.2, 0.25) is 0 Å². The zero-order chi connectivity index (χ0) is 14.8. The van der Waals surface area contributed by atoms with Crippen LogP contribution in [-0.4, -0.2) is 48.4 Å². The smallest absolute Gasteiger partial charge is 0.263 e. The first-order chi connectivity index (χ1) is 10.1. The summed E-state index contributed by atoms with van der Waals surface area (Å²) in [5, 5.41) is 2.07. The van der Waals surface area contributed by atoms with E-state index in [1.165, 1.54) is 44.2 Å². The minimum atomic E-state index is 0.239. The molecule has 3 nitrogen and oxygen atoms in total. The first kappa shape index (κ1) is 15.0. The van der Waals surface area contributed by atoms with E-state index in [1.54, 1.807) is 11.3 Å². The summed E-state index contributed by atoms with van der Waals surface area (Å²) in [5.74, 6) is 1.02. The summed E-state index contributed by atoms with van der Waals surface area (Å²) in [4.78, 5) is 18.0. The van der Waals surface area contributed by atoms with Crippen molar-refractivity contribution in [1.29, 1.82) is 0 Å². The summed E-state index contributed by atoms with van der Waals surface area (Å²) in [6, 6.07) is 2.77. The minimum Gasteiger partial charge on any atom is -0.338 e. The molecule has 0 N–H and O–H groups in total. The fourth-order valence-corrected chi connectivity index (χ4v) is 4.75. The molecule has 0 aromatic carbocycles. The molecule has 0 aliphatic carbocycles. The van der Waals surface area contributed by atoms with E-state index < -0.39 is 0 Å². The Bertz CT molecular complexity index is 491. The Balaban J connectivity index is 1.56. The molecule has 2 saturated heterocycles. The molecule has 2 fully saturated rings. The van der Waals surface area contributed by atoms with Gasteiger partial charge < -0.3 is 9.80 Å². The standard InChI is InChI=1S/C17H26N2OS/c1-13-11-16(21-12-13)17(20)19-9-6-14(7-10-19)15-5-3-4-8-18(15)2/h11-12,14-15H,3-10H2,1-2H3. The molecular weight excluding hydrogens is 280 g/mol. The fraction of sp³-hybridized carbons (Fsp3) is 0.706. The lowest BCUT2D eigenvalue weighted by Gasteiger charge is -2.42. The fourth-order valence-electron chi connectivity index (χ4n) is 3.88. The maximum Gasteiger partial charge on any atom is 0.263 e. The first-order valence-corrected chi connectivity index (χ1v) is 9.08. The number of rotatable bonds is 2. The summed E-state index contributed by atoms with van der Waals surface area (Å²) in [5.41, 5.74) is 1.20. The second-order valence-corrected chi connectivity index (χ2v) is 7.57. The maximum absolute atomic E-state index is 12.5. The number of nitrogens with zero attached hydrogens (tertiary/aromatic N) is 2. The van der Waals surface area contributed by atoms with Gasteiger partial charge in [0, 0.05) is 19.1 Å². The van der Waals surface area contributed by atoms with Crippen LogP contribution in [0.2, 0.25) is 0 Å². The van der Waals surface area contributed by atoms with E-state index in [1.807, 2.05) is 6.07 Å². The Morgan fingerprint density at radius 1 is 1.19 bits per heavy atom. The highest BCUT2D eigenvalue weighted by atomic mass is 32.1. The molecule has 4 heteroatoms. The molecule has 1 unspecified atom stereocenters. The van der Waals surface area contributed by atoms with Gasteiger partial charge in [0.15, 0.2) is 0 Å². The van der Waals surface area contributed by atoms with Crippen molar-refractivity contribution in [2.24, 2.45) is 5.92 Å². The Kier molecular flexibility index (Phi) is 4.65. The topological polar surface area (TPSA) is 23.6 Å². The highest BCUT2D eigenvalue weighted by Crippen LogP contribution is 2.30. The normalized spacial score (nSPS) is 25.2. The van der Waals surface area contributed by atoms with E-state index in [2.05, 4.69) is 29.2 Å². The van der Waals surface area contributed by atoms with Gasteiger partial charge in [-0.05, 0) is 69.1 Å². The van der Waals surface area contributed by atoms with Gasteiger partial charge in [0.05, 0.1) is 4.88 Å². The van der Waals surface area contributed by atoms with Crippen LogP contribution in [0.25, 0.3) is 0 Å². The summed E-state index contributed by atoms with van der Waals surface area (Å²) in [6.45, 7) is 5.17. The van der Waals surface area contributed by atoms with Gasteiger partial charge in [0.1, 0.15) is 0 Å². The van der Waals surface area contributed by atoms with Crippen molar-refractivity contribution in [1.82, 2.24) is 9.80 Å². The average Bonchev–Trinajstić information content (AvgIpc) is 2.94. The monoisotopic (exact) mass is 306 g/mol. The number of piperidine rings is 2. The molecular formula is C17H26N2OS. The molecule has 21 heavy (non-hydrogen) atoms. The van der Waals surface area contributed by atoms with Gasteiger partial charge in [-0.25, -0.2) is 0 Å². The lowest BCUT2D eigenvalue weighted by molar-refractivity contribution is 0.0558. The average molecular weight is 306 g/mol. The van der Waals surface area contributed by atoms with Gasteiger partial charge in [-0.1, -0.05) is 6.42 Å². The summed E-state index contributed by atoms with van der Waals surface area (Å²) >= 11 is 1.58. The number of carbonyl (C=O) groups excluding carboxylic acids is 1. The van der Waals surface area contributed by atoms with Crippen LogP contribution in [0.4, 0.5) is 0 Å². The SMILES string of the molecule is Cc1csc(C(=O)N2CCC(C3CCCCN3C)CC2)c1. The van der Waals surface area contributed by atoms with E-state index in [0.29, 0.717) is 0 Å². The van der Waals surface area contributed by atoms with Gasteiger partial charge in [-0.2, -0.15) is 0 Å². The molecule has 1 atom stereocenters. The number of hydrogen-bond acceptors (Lipinski definition) is 3. The molecule has 0 radical (unpaired) electrons. The molecule has 3 heterocycles. The maximum atomic E-state index is 12.5. The Morgan fingerprint density at radius 2 is 1.95 bits per heavy atom. The molecule has 2 aliphatic heterocycles. The van der Waals surface area contributed by atoms with Crippen molar-refractivity contribution in [3.05, 3.63) is 21.9 Å². The Morgan fingerprint density at radius 3 is 2.57 bits per heavy atom. The predicted octanol–water partition coefficient (Wildman–Crippen LogP) is 3.39. The van der Waals surface area contributed by atoms with Crippen molar-refractivity contribution >= 4 is 17.2 Å². The highest BCUT2D eigenvalue weighted by molar-refractivity contribution is 7.12. The van der Waals surface area contributed by atoms with Crippen molar-refractivity contribution < 1.29 is 4.79 Å². The van der Waals surface area contributed by atoms with Crippen LogP contribution in [0.15, 0.2) is 11.4 Å². The zero-order valence-electron chi connectivity index (χ0n) is 13.2. The third kappa shape index (κ3) is 3.32. The Hall–Kier alpha value is -0.870. The quantitative estimate of drug-likeness (QED) is 0.836. The van der Waals surface area contributed by atoms with E-state index in [-0.39, 0.29) is 5.91 Å². The molecule has 0 spiro atoms. The van der Waals surface area contributed by atoms with Crippen LogP contribution in [0.3, 0.4) is 0 Å². The molecule has 0 saturated carbocycles. The number of hydrogen-bond donors (Lipinski definition) is 0. The number of likely N-dealkylation sites (tertiary alicyclic amines) is 2. The van der Waals surface area contributed by atoms with Crippen LogP contribution < -0.4 is 0 Å². The second-order valence-electron chi connectivity index (χ2n) is 6.66. The molecule has 0 bridgehead atoms. The summed E-state index contributed by atoms with van der Waals surface area (Å²) < 4.78 is 0. The molecule has 1 aromatic rings. The van der Waals surface area contributed by atoms with Crippen LogP contribution in [0, 0.1) is 12.8 Å². The van der Waals surface area contributed by atoms with E-state index in [9.17, 15) is 4.79 Å². The second kappa shape index (κ2) is 6.49. The zero-order valence-corrected chi connectivity index (χ0v) is 14.0. The minimum absolute atomic E-state index is 0.239. The van der Waals surface area contributed by atoms with Gasteiger partial charge in [0.25, 0.3) is 5.91 Å². The molecule has 1 amide bonds. The number of aryl methyl sites for hydroxylation is 1. The van der Waals surface area contributed by atoms with E-state index >= 15 is 0 Å². The largest absolute Gasteiger partial charge is 0.338 e. The van der Waals surface area contributed by atoms with Crippen molar-refractivity contribution in [3.63, 3.8) is 0 Å². The lowest BCUT2D eigenvalue weighted by Crippen LogP contribution is -2.47. The lowest BCUT2D eigenvalue weighted by atomic mass is 9.84.